The van der Waals surface area contributed by atoms with E-state index in [-0.39, 0.29) is 11.7 Å². The van der Waals surface area contributed by atoms with Crippen LogP contribution in [0.15, 0.2) is 70.8 Å². The summed E-state index contributed by atoms with van der Waals surface area (Å²) in [5.41, 5.74) is 1.97. The summed E-state index contributed by atoms with van der Waals surface area (Å²) in [6.07, 6.45) is 1.79. The van der Waals surface area contributed by atoms with Crippen LogP contribution in [-0.2, 0) is 17.9 Å². The lowest BCUT2D eigenvalue weighted by molar-refractivity contribution is -0.127. The summed E-state index contributed by atoms with van der Waals surface area (Å²) in [6.45, 7) is 4.91. The van der Waals surface area contributed by atoms with Crippen LogP contribution >= 0.6 is 39.3 Å². The molecule has 0 spiro atoms. The number of carbonyl (C=O) groups is 1. The first-order valence-electron chi connectivity index (χ1n) is 8.89. The fourth-order valence-corrected chi connectivity index (χ4v) is 4.13. The molecule has 0 bridgehead atoms. The summed E-state index contributed by atoms with van der Waals surface area (Å²) in [4.78, 5) is 14.3. The van der Waals surface area contributed by atoms with Gasteiger partial charge in [0.2, 0.25) is 5.91 Å². The lowest BCUT2D eigenvalue weighted by Crippen LogP contribution is -2.28. The number of benzene rings is 2. The second-order valence-electron chi connectivity index (χ2n) is 6.34. The number of hydrogen-bond donors (Lipinski definition) is 0. The van der Waals surface area contributed by atoms with Crippen LogP contribution in [-0.4, -0.2) is 38.4 Å². The molecule has 0 aliphatic heterocycles. The molecular weight excluding hydrogens is 472 g/mol. The Balaban J connectivity index is 1.69. The van der Waals surface area contributed by atoms with E-state index < -0.39 is 0 Å². The highest BCUT2D eigenvalue weighted by atomic mass is 79.9. The van der Waals surface area contributed by atoms with Crippen molar-refractivity contribution >= 4 is 45.2 Å². The summed E-state index contributed by atoms with van der Waals surface area (Å²) < 4.78 is 2.94. The van der Waals surface area contributed by atoms with Crippen molar-refractivity contribution < 1.29 is 4.79 Å². The largest absolute Gasteiger partial charge is 0.341 e. The Morgan fingerprint density at radius 3 is 2.66 bits per heavy atom. The minimum atomic E-state index is 0.0203. The molecule has 0 radical (unpaired) electrons. The molecule has 0 aliphatic rings. The van der Waals surface area contributed by atoms with Gasteiger partial charge in [-0.3, -0.25) is 9.36 Å². The van der Waals surface area contributed by atoms with Gasteiger partial charge < -0.3 is 4.90 Å². The molecule has 3 rings (SSSR count). The number of aromatic nitrogens is 3. The summed E-state index contributed by atoms with van der Waals surface area (Å²) >= 11 is 10.9. The lowest BCUT2D eigenvalue weighted by Gasteiger charge is -2.18. The Bertz CT molecular complexity index is 1010. The zero-order valence-corrected chi connectivity index (χ0v) is 19.0. The Hall–Kier alpha value is -2.09. The standard InChI is InChI=1S/C21H20BrClN4OS/c1-3-12-27-20(15-8-10-17(23)11-9-15)24-25-21(27)29-14-19(28)26(2)13-16-6-4-5-7-18(16)22/h3-11H,1,12-14H2,2H3. The quantitative estimate of drug-likeness (QED) is 0.317. The minimum Gasteiger partial charge on any atom is -0.341 e. The number of carbonyl (C=O) groups excluding carboxylic acids is 1. The Morgan fingerprint density at radius 1 is 1.24 bits per heavy atom. The van der Waals surface area contributed by atoms with Gasteiger partial charge in [-0.15, -0.1) is 16.8 Å². The van der Waals surface area contributed by atoms with Gasteiger partial charge in [0, 0.05) is 35.2 Å². The van der Waals surface area contributed by atoms with Crippen molar-refractivity contribution in [3.8, 4) is 11.4 Å². The van der Waals surface area contributed by atoms with Crippen LogP contribution in [0.2, 0.25) is 5.02 Å². The number of amides is 1. The van der Waals surface area contributed by atoms with E-state index in [1.807, 2.05) is 53.1 Å². The van der Waals surface area contributed by atoms with Crippen molar-refractivity contribution in [3.05, 3.63) is 76.2 Å². The van der Waals surface area contributed by atoms with E-state index in [4.69, 9.17) is 11.6 Å². The van der Waals surface area contributed by atoms with E-state index in [1.54, 1.807) is 18.0 Å². The van der Waals surface area contributed by atoms with Crippen molar-refractivity contribution in [1.82, 2.24) is 19.7 Å². The monoisotopic (exact) mass is 490 g/mol. The molecule has 0 saturated heterocycles. The van der Waals surface area contributed by atoms with Gasteiger partial charge in [-0.05, 0) is 35.9 Å². The highest BCUT2D eigenvalue weighted by Crippen LogP contribution is 2.26. The third-order valence-electron chi connectivity index (χ3n) is 4.25. The van der Waals surface area contributed by atoms with Gasteiger partial charge in [-0.2, -0.15) is 0 Å². The number of allylic oxidation sites excluding steroid dienone is 1. The van der Waals surface area contributed by atoms with Crippen molar-refractivity contribution in [2.75, 3.05) is 12.8 Å². The van der Waals surface area contributed by atoms with Gasteiger partial charge in [0.15, 0.2) is 11.0 Å². The Labute approximate surface area is 187 Å². The van der Waals surface area contributed by atoms with E-state index in [0.717, 1.165) is 21.4 Å². The number of thioether (sulfide) groups is 1. The van der Waals surface area contributed by atoms with E-state index in [0.29, 0.717) is 23.3 Å². The molecule has 0 aliphatic carbocycles. The maximum absolute atomic E-state index is 12.6. The predicted molar refractivity (Wildman–Crippen MR) is 122 cm³/mol. The van der Waals surface area contributed by atoms with Gasteiger partial charge in [0.05, 0.1) is 5.75 Å². The molecule has 1 amide bonds. The van der Waals surface area contributed by atoms with Crippen molar-refractivity contribution in [2.45, 2.75) is 18.2 Å². The maximum Gasteiger partial charge on any atom is 0.233 e. The molecule has 0 saturated carbocycles. The molecule has 29 heavy (non-hydrogen) atoms. The lowest BCUT2D eigenvalue weighted by atomic mass is 10.2. The van der Waals surface area contributed by atoms with E-state index in [2.05, 4.69) is 32.7 Å². The third kappa shape index (κ3) is 5.50. The maximum atomic E-state index is 12.6. The molecule has 2 aromatic carbocycles. The number of nitrogens with zero attached hydrogens (tertiary/aromatic N) is 4. The number of halogens is 2. The number of hydrogen-bond acceptors (Lipinski definition) is 4. The SMILES string of the molecule is C=CCn1c(SCC(=O)N(C)Cc2ccccc2Br)nnc1-c1ccc(Cl)cc1. The second-order valence-corrected chi connectivity index (χ2v) is 8.58. The van der Waals surface area contributed by atoms with Crippen LogP contribution in [0, 0.1) is 0 Å². The predicted octanol–water partition coefficient (Wildman–Crippen LogP) is 5.30. The van der Waals surface area contributed by atoms with E-state index in [9.17, 15) is 4.79 Å². The van der Waals surface area contributed by atoms with Gasteiger partial charge in [0.25, 0.3) is 0 Å². The summed E-state index contributed by atoms with van der Waals surface area (Å²) in [7, 11) is 1.80. The smallest absolute Gasteiger partial charge is 0.233 e. The Morgan fingerprint density at radius 2 is 1.97 bits per heavy atom. The molecule has 0 atom stereocenters. The zero-order chi connectivity index (χ0) is 20.8. The molecule has 1 aromatic heterocycles. The summed E-state index contributed by atoms with van der Waals surface area (Å²) in [6, 6.07) is 15.3. The van der Waals surface area contributed by atoms with Crippen LogP contribution in [0.25, 0.3) is 11.4 Å². The van der Waals surface area contributed by atoms with Gasteiger partial charge in [0.1, 0.15) is 0 Å². The minimum absolute atomic E-state index is 0.0203. The van der Waals surface area contributed by atoms with Crippen LogP contribution in [0.1, 0.15) is 5.56 Å². The van der Waals surface area contributed by atoms with Gasteiger partial charge in [-0.1, -0.05) is 63.6 Å². The van der Waals surface area contributed by atoms with Crippen molar-refractivity contribution in [3.63, 3.8) is 0 Å². The molecule has 3 aromatic rings. The summed E-state index contributed by atoms with van der Waals surface area (Å²) in [5.74, 6) is 1.02. The first-order valence-corrected chi connectivity index (χ1v) is 11.1. The first kappa shape index (κ1) is 21.6. The molecule has 1 heterocycles. The molecule has 150 valence electrons. The second kappa shape index (κ2) is 10.1. The molecular formula is C21H20BrClN4OS. The normalized spacial score (nSPS) is 10.7. The topological polar surface area (TPSA) is 51.0 Å². The average Bonchev–Trinajstić information content (AvgIpc) is 3.11. The Kier molecular flexibility index (Phi) is 7.52. The van der Waals surface area contributed by atoms with Crippen molar-refractivity contribution in [2.24, 2.45) is 0 Å². The molecule has 8 heteroatoms. The van der Waals surface area contributed by atoms with Crippen molar-refractivity contribution in [1.29, 1.82) is 0 Å². The van der Waals surface area contributed by atoms with E-state index in [1.165, 1.54) is 11.8 Å². The molecule has 0 N–H and O–H groups in total. The fourth-order valence-electron chi connectivity index (χ4n) is 2.71. The van der Waals surface area contributed by atoms with Gasteiger partial charge in [-0.25, -0.2) is 0 Å². The summed E-state index contributed by atoms with van der Waals surface area (Å²) in [5, 5.41) is 9.93. The first-order chi connectivity index (χ1) is 14.0. The van der Waals surface area contributed by atoms with Crippen LogP contribution in [0.3, 0.4) is 0 Å². The fraction of sp³-hybridized carbons (Fsp3) is 0.190. The third-order valence-corrected chi connectivity index (χ3v) is 6.22. The highest BCUT2D eigenvalue weighted by Gasteiger charge is 2.17. The molecule has 5 nitrogen and oxygen atoms in total. The van der Waals surface area contributed by atoms with Gasteiger partial charge >= 0.3 is 0 Å². The number of rotatable bonds is 8. The van der Waals surface area contributed by atoms with Crippen LogP contribution < -0.4 is 0 Å². The zero-order valence-electron chi connectivity index (χ0n) is 15.9. The molecule has 0 unspecified atom stereocenters. The molecule has 0 fully saturated rings. The van der Waals surface area contributed by atoms with Crippen LogP contribution in [0.4, 0.5) is 0 Å². The van der Waals surface area contributed by atoms with Crippen LogP contribution in [0.5, 0.6) is 0 Å². The average molecular weight is 492 g/mol. The van der Waals surface area contributed by atoms with E-state index >= 15 is 0 Å². The highest BCUT2D eigenvalue weighted by molar-refractivity contribution is 9.10.